The van der Waals surface area contributed by atoms with Gasteiger partial charge in [0, 0.05) is 56.5 Å². The van der Waals surface area contributed by atoms with E-state index < -0.39 is 24.1 Å². The fraction of sp³-hybridized carbons (Fsp3) is 0.462. The van der Waals surface area contributed by atoms with Gasteiger partial charge in [0.25, 0.3) is 5.91 Å². The second-order valence-corrected chi connectivity index (χ2v) is 9.23. The number of ether oxygens (including phenoxy) is 3. The van der Waals surface area contributed by atoms with Crippen molar-refractivity contribution in [2.75, 3.05) is 57.9 Å². The third kappa shape index (κ3) is 5.24. The lowest BCUT2D eigenvalue weighted by Crippen LogP contribution is -2.56. The van der Waals surface area contributed by atoms with Crippen molar-refractivity contribution in [2.45, 2.75) is 24.6 Å². The molecule has 9 nitrogen and oxygen atoms in total. The number of nitrogens with one attached hydrogen (secondary N) is 2. The molecule has 36 heavy (non-hydrogen) atoms. The van der Waals surface area contributed by atoms with E-state index in [1.54, 1.807) is 0 Å². The molecular formula is C26H31FN4O5. The van der Waals surface area contributed by atoms with Crippen LogP contribution in [0.4, 0.5) is 14.9 Å². The molecule has 2 unspecified atom stereocenters. The van der Waals surface area contributed by atoms with Gasteiger partial charge in [0.15, 0.2) is 0 Å². The van der Waals surface area contributed by atoms with Crippen LogP contribution >= 0.6 is 0 Å². The largest absolute Gasteiger partial charge is 0.493 e. The minimum Gasteiger partial charge on any atom is -0.493 e. The number of alkyl carbamates (subject to hydrolysis) is 1. The Bertz CT molecular complexity index is 1090. The topological polar surface area (TPSA) is 92.4 Å². The number of amides is 2. The monoisotopic (exact) mass is 498 g/mol. The van der Waals surface area contributed by atoms with Gasteiger partial charge in [0.05, 0.1) is 31.9 Å². The standard InChI is InChI=1S/C26H31FN4O5/c1-28-26(33)36-23-8-13-35-22-7-6-19(30-9-11-31(12-10-30)20-15-34-16-20)14-21(22)24(23)29-25(32)17-2-4-18(27)5-3-17/h2-7,14,20,23-24H,8-13,15-16H2,1H3,(H,28,33)(H,29,32). The van der Waals surface area contributed by atoms with Crippen LogP contribution in [0.5, 0.6) is 5.75 Å². The van der Waals surface area contributed by atoms with Gasteiger partial charge in [-0.05, 0) is 42.5 Å². The van der Waals surface area contributed by atoms with E-state index in [0.717, 1.165) is 50.6 Å². The zero-order valence-electron chi connectivity index (χ0n) is 20.2. The van der Waals surface area contributed by atoms with Gasteiger partial charge < -0.3 is 29.7 Å². The SMILES string of the molecule is CNC(=O)OC1CCOc2ccc(N3CCN(C4COC4)CC3)cc2C1NC(=O)c1ccc(F)cc1. The number of carbonyl (C=O) groups excluding carboxylic acids is 2. The third-order valence-corrected chi connectivity index (χ3v) is 7.03. The molecule has 3 aliphatic heterocycles. The Morgan fingerprint density at radius 3 is 2.47 bits per heavy atom. The summed E-state index contributed by atoms with van der Waals surface area (Å²) in [5, 5.41) is 5.49. The molecule has 3 heterocycles. The molecule has 0 saturated carbocycles. The van der Waals surface area contributed by atoms with Crippen LogP contribution in [0.2, 0.25) is 0 Å². The van der Waals surface area contributed by atoms with Gasteiger partial charge in [0.1, 0.15) is 17.7 Å². The molecule has 192 valence electrons. The minimum absolute atomic E-state index is 0.314. The van der Waals surface area contributed by atoms with E-state index >= 15 is 0 Å². The Morgan fingerprint density at radius 1 is 1.06 bits per heavy atom. The number of fused-ring (bicyclic) bond motifs is 1. The molecule has 0 spiro atoms. The zero-order chi connectivity index (χ0) is 25.1. The van der Waals surface area contributed by atoms with E-state index in [1.165, 1.54) is 31.3 Å². The summed E-state index contributed by atoms with van der Waals surface area (Å²) < 4.78 is 30.4. The quantitative estimate of drug-likeness (QED) is 0.654. The van der Waals surface area contributed by atoms with Crippen LogP contribution < -0.4 is 20.3 Å². The van der Waals surface area contributed by atoms with Crippen molar-refractivity contribution in [2.24, 2.45) is 0 Å². The number of hydrogen-bond donors (Lipinski definition) is 2. The maximum Gasteiger partial charge on any atom is 0.407 e. The molecule has 5 rings (SSSR count). The average molecular weight is 499 g/mol. The summed E-state index contributed by atoms with van der Waals surface area (Å²) >= 11 is 0. The maximum atomic E-state index is 13.4. The summed E-state index contributed by atoms with van der Waals surface area (Å²) in [4.78, 5) is 30.0. The molecule has 2 saturated heterocycles. The highest BCUT2D eigenvalue weighted by Crippen LogP contribution is 2.36. The van der Waals surface area contributed by atoms with Crippen LogP contribution in [0, 0.1) is 5.82 Å². The van der Waals surface area contributed by atoms with E-state index in [9.17, 15) is 14.0 Å². The van der Waals surface area contributed by atoms with Crippen molar-refractivity contribution in [1.82, 2.24) is 15.5 Å². The molecule has 2 amide bonds. The lowest BCUT2D eigenvalue weighted by atomic mass is 9.97. The molecular weight excluding hydrogens is 467 g/mol. The molecule has 2 aromatic carbocycles. The van der Waals surface area contributed by atoms with Gasteiger partial charge in [0.2, 0.25) is 0 Å². The van der Waals surface area contributed by atoms with E-state index in [-0.39, 0.29) is 5.91 Å². The Labute approximate surface area is 209 Å². The van der Waals surface area contributed by atoms with Gasteiger partial charge in [-0.25, -0.2) is 9.18 Å². The van der Waals surface area contributed by atoms with Crippen LogP contribution in [0.3, 0.4) is 0 Å². The summed E-state index contributed by atoms with van der Waals surface area (Å²) in [6.45, 7) is 5.60. The predicted octanol–water partition coefficient (Wildman–Crippen LogP) is 2.32. The van der Waals surface area contributed by atoms with Crippen LogP contribution in [-0.4, -0.2) is 82.1 Å². The van der Waals surface area contributed by atoms with Crippen LogP contribution in [0.1, 0.15) is 28.4 Å². The van der Waals surface area contributed by atoms with Gasteiger partial charge in [-0.15, -0.1) is 0 Å². The molecule has 2 fully saturated rings. The summed E-state index contributed by atoms with van der Waals surface area (Å²) in [7, 11) is 1.49. The van der Waals surface area contributed by atoms with Crippen molar-refractivity contribution in [3.05, 3.63) is 59.4 Å². The number of hydrogen-bond acceptors (Lipinski definition) is 7. The fourth-order valence-corrected chi connectivity index (χ4v) is 4.86. The highest BCUT2D eigenvalue weighted by Gasteiger charge is 2.34. The van der Waals surface area contributed by atoms with Gasteiger partial charge >= 0.3 is 6.09 Å². The second kappa shape index (κ2) is 10.7. The van der Waals surface area contributed by atoms with Gasteiger partial charge in [-0.3, -0.25) is 9.69 Å². The number of nitrogens with zero attached hydrogens (tertiary/aromatic N) is 2. The number of benzene rings is 2. The van der Waals surface area contributed by atoms with Crippen molar-refractivity contribution >= 4 is 17.7 Å². The lowest BCUT2D eigenvalue weighted by Gasteiger charge is -2.43. The Morgan fingerprint density at radius 2 is 1.81 bits per heavy atom. The van der Waals surface area contributed by atoms with Crippen LogP contribution in [0.15, 0.2) is 42.5 Å². The van der Waals surface area contributed by atoms with E-state index in [1.807, 2.05) is 18.2 Å². The van der Waals surface area contributed by atoms with Crippen molar-refractivity contribution in [3.8, 4) is 5.75 Å². The Balaban J connectivity index is 1.41. The molecule has 0 aromatic heterocycles. The summed E-state index contributed by atoms with van der Waals surface area (Å²) in [6, 6.07) is 11.2. The summed E-state index contributed by atoms with van der Waals surface area (Å²) in [5.74, 6) is -0.174. The van der Waals surface area contributed by atoms with Crippen LogP contribution in [0.25, 0.3) is 0 Å². The molecule has 2 N–H and O–H groups in total. The first-order valence-electron chi connectivity index (χ1n) is 12.3. The number of anilines is 1. The second-order valence-electron chi connectivity index (χ2n) is 9.23. The molecule has 0 radical (unpaired) electrons. The molecule has 10 heteroatoms. The first kappa shape index (κ1) is 24.3. The van der Waals surface area contributed by atoms with Crippen molar-refractivity contribution < 1.29 is 28.2 Å². The van der Waals surface area contributed by atoms with E-state index in [0.29, 0.717) is 30.4 Å². The fourth-order valence-electron chi connectivity index (χ4n) is 4.86. The van der Waals surface area contributed by atoms with Gasteiger partial charge in [-0.1, -0.05) is 0 Å². The Kier molecular flexibility index (Phi) is 7.24. The summed E-state index contributed by atoms with van der Waals surface area (Å²) in [6.07, 6.45) is -0.841. The zero-order valence-corrected chi connectivity index (χ0v) is 20.2. The average Bonchev–Trinajstić information content (AvgIpc) is 3.02. The number of piperazine rings is 1. The lowest BCUT2D eigenvalue weighted by molar-refractivity contribution is -0.0660. The smallest absolute Gasteiger partial charge is 0.407 e. The maximum absolute atomic E-state index is 13.4. The molecule has 2 atom stereocenters. The van der Waals surface area contributed by atoms with E-state index in [4.69, 9.17) is 14.2 Å². The number of halogens is 1. The first-order chi connectivity index (χ1) is 17.5. The molecule has 0 bridgehead atoms. The summed E-state index contributed by atoms with van der Waals surface area (Å²) in [5.41, 5.74) is 2.07. The normalized spacial score (nSPS) is 22.4. The molecule has 2 aromatic rings. The molecule has 0 aliphatic carbocycles. The number of carbonyl (C=O) groups is 2. The molecule has 3 aliphatic rings. The van der Waals surface area contributed by atoms with Crippen molar-refractivity contribution in [3.63, 3.8) is 0 Å². The van der Waals surface area contributed by atoms with Gasteiger partial charge in [-0.2, -0.15) is 0 Å². The highest BCUT2D eigenvalue weighted by molar-refractivity contribution is 5.94. The minimum atomic E-state index is -0.652. The highest BCUT2D eigenvalue weighted by atomic mass is 19.1. The first-order valence-corrected chi connectivity index (χ1v) is 12.3. The number of rotatable bonds is 5. The third-order valence-electron chi connectivity index (χ3n) is 7.03. The van der Waals surface area contributed by atoms with Crippen LogP contribution in [-0.2, 0) is 9.47 Å². The Hall–Kier alpha value is -3.37. The van der Waals surface area contributed by atoms with E-state index in [2.05, 4.69) is 20.4 Å². The van der Waals surface area contributed by atoms with Crippen molar-refractivity contribution in [1.29, 1.82) is 0 Å². The predicted molar refractivity (Wildman–Crippen MR) is 131 cm³/mol.